The van der Waals surface area contributed by atoms with Crippen molar-refractivity contribution in [1.29, 1.82) is 0 Å². The maximum Gasteiger partial charge on any atom is 0.185 e. The second-order valence-corrected chi connectivity index (χ2v) is 11.1. The molecule has 3 aliphatic carbocycles. The fourth-order valence-corrected chi connectivity index (χ4v) is 8.01. The number of carbonyl (C=O) groups is 1. The van der Waals surface area contributed by atoms with Gasteiger partial charge in [0.05, 0.1) is 5.41 Å². The van der Waals surface area contributed by atoms with E-state index in [2.05, 4.69) is 19.6 Å². The lowest BCUT2D eigenvalue weighted by atomic mass is 9.51. The van der Waals surface area contributed by atoms with Gasteiger partial charge in [0.2, 0.25) is 0 Å². The van der Waals surface area contributed by atoms with Crippen molar-refractivity contribution in [2.24, 2.45) is 22.7 Å². The topological polar surface area (TPSA) is 66.8 Å². The molecular formula is C31H38O4. The van der Waals surface area contributed by atoms with Crippen LogP contribution in [0.4, 0.5) is 0 Å². The zero-order valence-corrected chi connectivity index (χ0v) is 21.1. The molecule has 0 aliphatic heterocycles. The van der Waals surface area contributed by atoms with Crippen molar-refractivity contribution in [1.82, 2.24) is 0 Å². The molecular weight excluding hydrogens is 436 g/mol. The van der Waals surface area contributed by atoms with Gasteiger partial charge in [0.1, 0.15) is 11.5 Å². The van der Waals surface area contributed by atoms with Gasteiger partial charge in [0, 0.05) is 24.9 Å². The first-order chi connectivity index (χ1) is 16.8. The molecule has 4 atom stereocenters. The minimum atomic E-state index is -1.48. The van der Waals surface area contributed by atoms with Gasteiger partial charge in [-0.2, -0.15) is 0 Å². The van der Waals surface area contributed by atoms with Gasteiger partial charge in [-0.1, -0.05) is 74.7 Å². The molecule has 4 nitrogen and oxygen atoms in total. The van der Waals surface area contributed by atoms with Gasteiger partial charge in [0.25, 0.3) is 0 Å². The zero-order valence-electron chi connectivity index (χ0n) is 21.1. The van der Waals surface area contributed by atoms with Crippen LogP contribution in [0.1, 0.15) is 63.9 Å². The quantitative estimate of drug-likeness (QED) is 0.358. The van der Waals surface area contributed by atoms with Crippen LogP contribution in [-0.4, -0.2) is 28.9 Å². The Hall–Kier alpha value is -2.43. The Bertz CT molecular complexity index is 1130. The Morgan fingerprint density at radius 3 is 2.43 bits per heavy atom. The number of methoxy groups -OCH3 is 1. The maximum atomic E-state index is 14.3. The van der Waals surface area contributed by atoms with Crippen LogP contribution >= 0.6 is 0 Å². The summed E-state index contributed by atoms with van der Waals surface area (Å²) in [5, 5.41) is 21.8. The summed E-state index contributed by atoms with van der Waals surface area (Å²) >= 11 is 0. The van der Waals surface area contributed by atoms with E-state index in [4.69, 9.17) is 4.74 Å². The van der Waals surface area contributed by atoms with E-state index in [0.717, 1.165) is 41.5 Å². The summed E-state index contributed by atoms with van der Waals surface area (Å²) in [6.45, 7) is 6.70. The van der Waals surface area contributed by atoms with Crippen LogP contribution in [0.25, 0.3) is 11.1 Å². The molecule has 3 saturated carbocycles. The van der Waals surface area contributed by atoms with E-state index in [9.17, 15) is 15.0 Å². The third-order valence-corrected chi connectivity index (χ3v) is 9.82. The van der Waals surface area contributed by atoms with Crippen LogP contribution in [0.15, 0.2) is 60.7 Å². The number of rotatable bonds is 7. The number of benzene rings is 2. The first kappa shape index (κ1) is 24.3. The number of ether oxygens (including phenoxy) is 1. The summed E-state index contributed by atoms with van der Waals surface area (Å²) in [6.07, 6.45) is 8.15. The first-order valence-corrected chi connectivity index (χ1v) is 13.2. The Balaban J connectivity index is 1.44. The van der Waals surface area contributed by atoms with E-state index in [1.165, 1.54) is 19.3 Å². The highest BCUT2D eigenvalue weighted by atomic mass is 16.6. The molecule has 5 rings (SSSR count). The van der Waals surface area contributed by atoms with Crippen molar-refractivity contribution in [2.45, 2.75) is 70.5 Å². The van der Waals surface area contributed by atoms with Crippen molar-refractivity contribution in [3.63, 3.8) is 0 Å². The molecule has 2 aromatic rings. The maximum absolute atomic E-state index is 14.3. The van der Waals surface area contributed by atoms with Crippen molar-refractivity contribution < 1.29 is 19.7 Å². The predicted molar refractivity (Wildman–Crippen MR) is 138 cm³/mol. The Morgan fingerprint density at radius 2 is 1.74 bits per heavy atom. The largest absolute Gasteiger partial charge is 0.508 e. The van der Waals surface area contributed by atoms with E-state index in [1.807, 2.05) is 30.3 Å². The number of fused-ring (bicyclic) bond motifs is 2. The molecule has 0 amide bonds. The summed E-state index contributed by atoms with van der Waals surface area (Å²) in [5.74, 6) is -0.957. The summed E-state index contributed by atoms with van der Waals surface area (Å²) in [6, 6.07) is 15.4. The molecule has 2 bridgehead atoms. The third kappa shape index (κ3) is 3.44. The van der Waals surface area contributed by atoms with Gasteiger partial charge in [-0.3, -0.25) is 4.79 Å². The molecule has 4 heteroatoms. The van der Waals surface area contributed by atoms with E-state index >= 15 is 0 Å². The second kappa shape index (κ2) is 8.90. The first-order valence-electron chi connectivity index (χ1n) is 13.2. The lowest BCUT2D eigenvalue weighted by molar-refractivity contribution is -0.258. The summed E-state index contributed by atoms with van der Waals surface area (Å²) in [4.78, 5) is 14.3. The van der Waals surface area contributed by atoms with E-state index in [-0.39, 0.29) is 17.5 Å². The number of carbonyl (C=O) groups excluding carboxylic acids is 1. The summed E-state index contributed by atoms with van der Waals surface area (Å²) in [5.41, 5.74) is 2.67. The van der Waals surface area contributed by atoms with Gasteiger partial charge in [-0.25, -0.2) is 0 Å². The molecule has 0 radical (unpaired) electrons. The standard InChI is InChI=1S/C31H38O4/c1-21-27-17-18-30(31(27,34)35-3,29(21,2)25-12-5-4-6-13-25)28(33)16-15-22-9-7-10-23(19-22)24-11-8-14-26(32)20-24/h7-11,14,19-20,25,27,32,34H,1,4-6,12-13,15-18H2,2-3H3/t27-,29+,30+,31+/m0/s1. The molecule has 2 N–H and O–H groups in total. The number of hydrogen-bond donors (Lipinski definition) is 2. The Morgan fingerprint density at radius 1 is 1.06 bits per heavy atom. The number of hydrogen-bond acceptors (Lipinski definition) is 4. The minimum Gasteiger partial charge on any atom is -0.508 e. The third-order valence-electron chi connectivity index (χ3n) is 9.82. The van der Waals surface area contributed by atoms with Gasteiger partial charge >= 0.3 is 0 Å². The van der Waals surface area contributed by atoms with Crippen molar-refractivity contribution in [3.05, 3.63) is 66.2 Å². The van der Waals surface area contributed by atoms with Crippen molar-refractivity contribution in [2.75, 3.05) is 7.11 Å². The number of aromatic hydroxyl groups is 1. The van der Waals surface area contributed by atoms with Crippen LogP contribution < -0.4 is 0 Å². The molecule has 0 unspecified atom stereocenters. The monoisotopic (exact) mass is 474 g/mol. The van der Waals surface area contributed by atoms with Crippen molar-refractivity contribution >= 4 is 5.78 Å². The molecule has 35 heavy (non-hydrogen) atoms. The number of aliphatic hydroxyl groups is 1. The molecule has 2 aromatic carbocycles. The van der Waals surface area contributed by atoms with Crippen LogP contribution in [0.3, 0.4) is 0 Å². The number of aryl methyl sites for hydroxylation is 1. The number of ketones is 1. The van der Waals surface area contributed by atoms with Crippen LogP contribution in [0.2, 0.25) is 0 Å². The molecule has 186 valence electrons. The highest BCUT2D eigenvalue weighted by Crippen LogP contribution is 2.75. The molecule has 0 saturated heterocycles. The number of Topliss-reactive ketones (excluding diaryl/α,β-unsaturated/α-hetero) is 1. The van der Waals surface area contributed by atoms with Crippen LogP contribution in [-0.2, 0) is 16.0 Å². The van der Waals surface area contributed by atoms with Gasteiger partial charge in [-0.15, -0.1) is 0 Å². The van der Waals surface area contributed by atoms with E-state index in [1.54, 1.807) is 19.2 Å². The lowest BCUT2D eigenvalue weighted by Gasteiger charge is -2.52. The zero-order chi connectivity index (χ0) is 24.8. The molecule has 0 spiro atoms. The van der Waals surface area contributed by atoms with Crippen LogP contribution in [0, 0.1) is 22.7 Å². The minimum absolute atomic E-state index is 0.110. The normalized spacial score (nSPS) is 32.8. The molecule has 3 aliphatic rings. The second-order valence-electron chi connectivity index (χ2n) is 11.1. The summed E-state index contributed by atoms with van der Waals surface area (Å²) in [7, 11) is 1.55. The Labute approximate surface area is 209 Å². The van der Waals surface area contributed by atoms with Gasteiger partial charge in [0.15, 0.2) is 5.79 Å². The smallest absolute Gasteiger partial charge is 0.185 e. The van der Waals surface area contributed by atoms with Crippen LogP contribution in [0.5, 0.6) is 5.75 Å². The SMILES string of the molecule is C=C1[C@@H]2CC[C@@](C(=O)CCc3cccc(-c4cccc(O)c4)c3)([C@@]1(C)C1CCCCC1)[C@]2(O)OC. The number of phenols is 1. The van der Waals surface area contributed by atoms with Crippen molar-refractivity contribution in [3.8, 4) is 16.9 Å². The highest BCUT2D eigenvalue weighted by Gasteiger charge is 2.79. The fraction of sp³-hybridized carbons (Fsp3) is 0.516. The van der Waals surface area contributed by atoms with E-state index < -0.39 is 16.6 Å². The Kier molecular flexibility index (Phi) is 6.17. The molecule has 0 aromatic heterocycles. The molecule has 3 fully saturated rings. The number of phenolic OH excluding ortho intramolecular Hbond substituents is 1. The highest BCUT2D eigenvalue weighted by molar-refractivity contribution is 5.89. The molecule has 0 heterocycles. The van der Waals surface area contributed by atoms with Gasteiger partial charge in [-0.05, 0) is 66.8 Å². The fourth-order valence-electron chi connectivity index (χ4n) is 8.01. The summed E-state index contributed by atoms with van der Waals surface area (Å²) < 4.78 is 5.86. The average molecular weight is 475 g/mol. The predicted octanol–water partition coefficient (Wildman–Crippen LogP) is 6.45. The van der Waals surface area contributed by atoms with E-state index in [0.29, 0.717) is 25.2 Å². The van der Waals surface area contributed by atoms with Gasteiger partial charge < -0.3 is 14.9 Å². The average Bonchev–Trinajstić information content (AvgIpc) is 3.27. The lowest BCUT2D eigenvalue weighted by Crippen LogP contribution is -2.58.